The van der Waals surface area contributed by atoms with E-state index in [4.69, 9.17) is 10.5 Å². The van der Waals surface area contributed by atoms with Gasteiger partial charge in [-0.2, -0.15) is 0 Å². The van der Waals surface area contributed by atoms with Gasteiger partial charge in [0, 0.05) is 25.8 Å². The Morgan fingerprint density at radius 1 is 1.31 bits per heavy atom. The lowest BCUT2D eigenvalue weighted by Gasteiger charge is -2.37. The van der Waals surface area contributed by atoms with Crippen LogP contribution in [0.1, 0.15) is 39.0 Å². The van der Waals surface area contributed by atoms with Gasteiger partial charge in [-0.15, -0.1) is 0 Å². The molecular formula is C13H26N2O. The van der Waals surface area contributed by atoms with E-state index in [1.54, 1.807) is 0 Å². The van der Waals surface area contributed by atoms with Crippen molar-refractivity contribution in [2.75, 3.05) is 26.3 Å². The fraction of sp³-hybridized carbons (Fsp3) is 1.00. The fourth-order valence-corrected chi connectivity index (χ4v) is 3.01. The lowest BCUT2D eigenvalue weighted by atomic mass is 9.80. The maximum atomic E-state index is 5.95. The molecule has 16 heavy (non-hydrogen) atoms. The van der Waals surface area contributed by atoms with Crippen LogP contribution in [0.15, 0.2) is 0 Å². The van der Waals surface area contributed by atoms with E-state index in [2.05, 4.69) is 12.2 Å². The first kappa shape index (κ1) is 12.3. The molecule has 3 nitrogen and oxygen atoms in total. The SMILES string of the molecule is CC1CCC(NCC2(CN)CCOCC2)C1. The summed E-state index contributed by atoms with van der Waals surface area (Å²) in [5, 5.41) is 3.74. The summed E-state index contributed by atoms with van der Waals surface area (Å²) in [5.74, 6) is 0.904. The lowest BCUT2D eigenvalue weighted by Crippen LogP contribution is -2.46. The zero-order chi connectivity index (χ0) is 11.4. The predicted molar refractivity (Wildman–Crippen MR) is 66.3 cm³/mol. The highest BCUT2D eigenvalue weighted by molar-refractivity contribution is 4.88. The maximum Gasteiger partial charge on any atom is 0.0472 e. The zero-order valence-electron chi connectivity index (χ0n) is 10.5. The molecule has 0 radical (unpaired) electrons. The molecule has 0 bridgehead atoms. The summed E-state index contributed by atoms with van der Waals surface area (Å²) in [5.41, 5.74) is 6.26. The van der Waals surface area contributed by atoms with Crippen LogP contribution in [0.2, 0.25) is 0 Å². The van der Waals surface area contributed by atoms with Crippen molar-refractivity contribution in [3.05, 3.63) is 0 Å². The molecule has 0 spiro atoms. The Balaban J connectivity index is 1.78. The molecule has 2 unspecified atom stereocenters. The van der Waals surface area contributed by atoms with E-state index in [1.807, 2.05) is 0 Å². The van der Waals surface area contributed by atoms with Crippen LogP contribution >= 0.6 is 0 Å². The van der Waals surface area contributed by atoms with Crippen LogP contribution in [0.4, 0.5) is 0 Å². The minimum absolute atomic E-state index is 0.310. The summed E-state index contributed by atoms with van der Waals surface area (Å²) >= 11 is 0. The first-order valence-corrected chi connectivity index (χ1v) is 6.75. The van der Waals surface area contributed by atoms with Crippen LogP contribution in [-0.2, 0) is 4.74 Å². The normalized spacial score (nSPS) is 34.1. The van der Waals surface area contributed by atoms with Crippen molar-refractivity contribution in [1.29, 1.82) is 0 Å². The summed E-state index contributed by atoms with van der Waals surface area (Å²) in [7, 11) is 0. The van der Waals surface area contributed by atoms with Crippen molar-refractivity contribution in [3.63, 3.8) is 0 Å². The molecule has 94 valence electrons. The summed E-state index contributed by atoms with van der Waals surface area (Å²) in [6, 6.07) is 0.737. The predicted octanol–water partition coefficient (Wildman–Crippen LogP) is 1.52. The Kier molecular flexibility index (Phi) is 4.22. The molecule has 1 saturated carbocycles. The molecule has 2 aliphatic rings. The van der Waals surface area contributed by atoms with E-state index in [9.17, 15) is 0 Å². The zero-order valence-corrected chi connectivity index (χ0v) is 10.5. The monoisotopic (exact) mass is 226 g/mol. The highest BCUT2D eigenvalue weighted by Gasteiger charge is 2.32. The largest absolute Gasteiger partial charge is 0.381 e. The molecule has 2 atom stereocenters. The molecule has 0 aromatic carbocycles. The van der Waals surface area contributed by atoms with Crippen LogP contribution in [0.25, 0.3) is 0 Å². The lowest BCUT2D eigenvalue weighted by molar-refractivity contribution is 0.0180. The molecule has 1 aliphatic carbocycles. The quantitative estimate of drug-likeness (QED) is 0.764. The average molecular weight is 226 g/mol. The molecule has 1 saturated heterocycles. The number of ether oxygens (including phenoxy) is 1. The van der Waals surface area contributed by atoms with Gasteiger partial charge < -0.3 is 15.8 Å². The molecule has 3 N–H and O–H groups in total. The van der Waals surface area contributed by atoms with Crippen LogP contribution in [0, 0.1) is 11.3 Å². The third-order valence-electron chi connectivity index (χ3n) is 4.45. The summed E-state index contributed by atoms with van der Waals surface area (Å²) in [6.45, 7) is 6.02. The van der Waals surface area contributed by atoms with E-state index < -0.39 is 0 Å². The first-order chi connectivity index (χ1) is 7.74. The molecule has 0 aromatic rings. The van der Waals surface area contributed by atoms with Crippen molar-refractivity contribution < 1.29 is 4.74 Å². The molecule has 2 fully saturated rings. The van der Waals surface area contributed by atoms with Crippen molar-refractivity contribution in [2.24, 2.45) is 17.1 Å². The summed E-state index contributed by atoms with van der Waals surface area (Å²) in [6.07, 6.45) is 6.32. The highest BCUT2D eigenvalue weighted by atomic mass is 16.5. The minimum Gasteiger partial charge on any atom is -0.381 e. The first-order valence-electron chi connectivity index (χ1n) is 6.75. The van der Waals surface area contributed by atoms with Crippen molar-refractivity contribution in [2.45, 2.75) is 45.1 Å². The van der Waals surface area contributed by atoms with E-state index in [0.717, 1.165) is 51.1 Å². The Morgan fingerprint density at radius 3 is 2.62 bits per heavy atom. The van der Waals surface area contributed by atoms with Gasteiger partial charge in [0.25, 0.3) is 0 Å². The molecule has 3 heteroatoms. The Bertz CT molecular complexity index is 214. The molecular weight excluding hydrogens is 200 g/mol. The second kappa shape index (κ2) is 5.48. The van der Waals surface area contributed by atoms with Gasteiger partial charge in [0.15, 0.2) is 0 Å². The summed E-state index contributed by atoms with van der Waals surface area (Å²) < 4.78 is 5.43. The van der Waals surface area contributed by atoms with Crippen LogP contribution in [-0.4, -0.2) is 32.3 Å². The topological polar surface area (TPSA) is 47.3 Å². The van der Waals surface area contributed by atoms with Gasteiger partial charge in [0.2, 0.25) is 0 Å². The van der Waals surface area contributed by atoms with Gasteiger partial charge in [-0.05, 0) is 50.0 Å². The van der Waals surface area contributed by atoms with Gasteiger partial charge in [0.05, 0.1) is 0 Å². The molecule has 1 aliphatic heterocycles. The Hall–Kier alpha value is -0.120. The fourth-order valence-electron chi connectivity index (χ4n) is 3.01. The second-order valence-electron chi connectivity index (χ2n) is 5.81. The Labute approximate surface area is 99.1 Å². The second-order valence-corrected chi connectivity index (χ2v) is 5.81. The molecule has 0 aromatic heterocycles. The van der Waals surface area contributed by atoms with Crippen molar-refractivity contribution >= 4 is 0 Å². The molecule has 2 rings (SSSR count). The van der Waals surface area contributed by atoms with Crippen LogP contribution in [0.3, 0.4) is 0 Å². The smallest absolute Gasteiger partial charge is 0.0472 e. The molecule has 1 heterocycles. The highest BCUT2D eigenvalue weighted by Crippen LogP contribution is 2.30. The average Bonchev–Trinajstić information content (AvgIpc) is 2.74. The number of rotatable bonds is 4. The number of hydrogen-bond acceptors (Lipinski definition) is 3. The van der Waals surface area contributed by atoms with Gasteiger partial charge in [0.1, 0.15) is 0 Å². The maximum absolute atomic E-state index is 5.95. The Morgan fingerprint density at radius 2 is 2.06 bits per heavy atom. The van der Waals surface area contributed by atoms with Gasteiger partial charge in [-0.3, -0.25) is 0 Å². The van der Waals surface area contributed by atoms with Gasteiger partial charge in [-0.1, -0.05) is 6.92 Å². The molecule has 0 amide bonds. The minimum atomic E-state index is 0.310. The van der Waals surface area contributed by atoms with E-state index in [1.165, 1.54) is 19.3 Å². The van der Waals surface area contributed by atoms with E-state index in [0.29, 0.717) is 5.41 Å². The number of nitrogens with one attached hydrogen (secondary N) is 1. The van der Waals surface area contributed by atoms with E-state index >= 15 is 0 Å². The van der Waals surface area contributed by atoms with Crippen molar-refractivity contribution in [3.8, 4) is 0 Å². The van der Waals surface area contributed by atoms with Gasteiger partial charge in [-0.25, -0.2) is 0 Å². The van der Waals surface area contributed by atoms with Crippen LogP contribution in [0.5, 0.6) is 0 Å². The standard InChI is InChI=1S/C13H26N2O/c1-11-2-3-12(8-11)15-10-13(9-14)4-6-16-7-5-13/h11-12,15H,2-10,14H2,1H3. The number of hydrogen-bond donors (Lipinski definition) is 2. The third-order valence-corrected chi connectivity index (χ3v) is 4.45. The summed E-state index contributed by atoms with van der Waals surface area (Å²) in [4.78, 5) is 0. The number of nitrogens with two attached hydrogens (primary N) is 1. The third kappa shape index (κ3) is 2.96. The van der Waals surface area contributed by atoms with Gasteiger partial charge >= 0.3 is 0 Å². The van der Waals surface area contributed by atoms with Crippen molar-refractivity contribution in [1.82, 2.24) is 5.32 Å². The van der Waals surface area contributed by atoms with E-state index in [-0.39, 0.29) is 0 Å². The van der Waals surface area contributed by atoms with Crippen LogP contribution < -0.4 is 11.1 Å².